The maximum absolute atomic E-state index is 12.0. The van der Waals surface area contributed by atoms with Gasteiger partial charge in [-0.3, -0.25) is 9.59 Å². The Morgan fingerprint density at radius 2 is 1.32 bits per heavy atom. The van der Waals surface area contributed by atoms with E-state index in [4.69, 9.17) is 0 Å². The second kappa shape index (κ2) is 7.47. The number of carboxylic acids is 2. The summed E-state index contributed by atoms with van der Waals surface area (Å²) in [5, 5.41) is 19.6. The molecule has 4 nitrogen and oxygen atoms in total. The van der Waals surface area contributed by atoms with Crippen molar-refractivity contribution in [2.45, 2.75) is 65.2 Å². The van der Waals surface area contributed by atoms with E-state index >= 15 is 0 Å². The van der Waals surface area contributed by atoms with Crippen LogP contribution >= 0.6 is 0 Å². The van der Waals surface area contributed by atoms with Crippen LogP contribution in [0.1, 0.15) is 65.2 Å². The topological polar surface area (TPSA) is 74.6 Å². The molecule has 6 unspecified atom stereocenters. The van der Waals surface area contributed by atoms with Crippen LogP contribution in [0.3, 0.4) is 0 Å². The van der Waals surface area contributed by atoms with Crippen LogP contribution in [0.25, 0.3) is 0 Å². The van der Waals surface area contributed by atoms with Crippen molar-refractivity contribution in [3.63, 3.8) is 0 Å². The molecule has 0 spiro atoms. The zero-order valence-corrected chi connectivity index (χ0v) is 13.8. The van der Waals surface area contributed by atoms with Crippen molar-refractivity contribution in [3.8, 4) is 0 Å². The van der Waals surface area contributed by atoms with Crippen molar-refractivity contribution in [3.05, 3.63) is 0 Å². The third kappa shape index (κ3) is 3.16. The van der Waals surface area contributed by atoms with Gasteiger partial charge in [0.2, 0.25) is 0 Å². The molecule has 126 valence electrons. The smallest absolute Gasteiger partial charge is 0.307 e. The Kier molecular flexibility index (Phi) is 5.87. The maximum atomic E-state index is 12.0. The number of carbonyl (C=O) groups is 2. The van der Waals surface area contributed by atoms with Crippen molar-refractivity contribution in [2.24, 2.45) is 35.5 Å². The van der Waals surface area contributed by atoms with Crippen molar-refractivity contribution in [1.29, 1.82) is 0 Å². The van der Waals surface area contributed by atoms with Gasteiger partial charge in [-0.25, -0.2) is 0 Å². The fourth-order valence-electron chi connectivity index (χ4n) is 5.44. The molecule has 0 aromatic heterocycles. The van der Waals surface area contributed by atoms with Crippen LogP contribution < -0.4 is 0 Å². The fraction of sp³-hybridized carbons (Fsp3) is 0.889. The van der Waals surface area contributed by atoms with Crippen LogP contribution in [0, 0.1) is 35.5 Å². The Morgan fingerprint density at radius 3 is 1.82 bits per heavy atom. The molecule has 0 radical (unpaired) electrons. The Bertz CT molecular complexity index is 406. The molecule has 0 aromatic carbocycles. The first-order valence-corrected chi connectivity index (χ1v) is 8.98. The van der Waals surface area contributed by atoms with E-state index in [1.54, 1.807) is 0 Å². The lowest BCUT2D eigenvalue weighted by Crippen LogP contribution is -2.52. The van der Waals surface area contributed by atoms with Gasteiger partial charge in [0.25, 0.3) is 0 Å². The lowest BCUT2D eigenvalue weighted by molar-refractivity contribution is -0.167. The molecule has 0 amide bonds. The third-order valence-electron chi connectivity index (χ3n) is 6.08. The van der Waals surface area contributed by atoms with Crippen molar-refractivity contribution in [2.75, 3.05) is 0 Å². The second-order valence-corrected chi connectivity index (χ2v) is 7.25. The van der Waals surface area contributed by atoms with Crippen molar-refractivity contribution >= 4 is 11.9 Å². The molecule has 0 bridgehead atoms. The minimum Gasteiger partial charge on any atom is -0.481 e. The Labute approximate surface area is 133 Å². The van der Waals surface area contributed by atoms with Gasteiger partial charge in [0, 0.05) is 0 Å². The Morgan fingerprint density at radius 1 is 0.818 bits per heavy atom. The first-order valence-electron chi connectivity index (χ1n) is 8.98. The molecule has 2 aliphatic carbocycles. The third-order valence-corrected chi connectivity index (χ3v) is 6.08. The quantitative estimate of drug-likeness (QED) is 0.776. The molecule has 2 rings (SSSR count). The summed E-state index contributed by atoms with van der Waals surface area (Å²) in [5.74, 6) is -2.02. The van der Waals surface area contributed by atoms with Crippen LogP contribution in [0.2, 0.25) is 0 Å². The van der Waals surface area contributed by atoms with Gasteiger partial charge >= 0.3 is 11.9 Å². The number of hydrogen-bond donors (Lipinski definition) is 2. The number of fused-ring (bicyclic) bond motifs is 1. The lowest BCUT2D eigenvalue weighted by atomic mass is 9.52. The minimum atomic E-state index is -0.771. The first-order chi connectivity index (χ1) is 10.5. The summed E-state index contributed by atoms with van der Waals surface area (Å²) in [6.07, 6.45) is 7.68. The van der Waals surface area contributed by atoms with E-state index in [0.717, 1.165) is 51.4 Å². The highest BCUT2D eigenvalue weighted by molar-refractivity contribution is 5.76. The lowest BCUT2D eigenvalue weighted by Gasteiger charge is -2.51. The predicted octanol–water partition coefficient (Wildman–Crippen LogP) is 4.04. The molecule has 2 N–H and O–H groups in total. The normalized spacial score (nSPS) is 38.3. The average molecular weight is 310 g/mol. The molecular formula is C18H30O4. The molecule has 0 aromatic rings. The van der Waals surface area contributed by atoms with E-state index in [9.17, 15) is 19.8 Å². The van der Waals surface area contributed by atoms with E-state index < -0.39 is 23.8 Å². The van der Waals surface area contributed by atoms with Crippen molar-refractivity contribution in [1.82, 2.24) is 0 Å². The molecule has 4 heteroatoms. The molecule has 6 atom stereocenters. The summed E-state index contributed by atoms with van der Waals surface area (Å²) in [5.41, 5.74) is 0. The van der Waals surface area contributed by atoms with E-state index in [0.29, 0.717) is 5.92 Å². The zero-order chi connectivity index (χ0) is 16.3. The summed E-state index contributed by atoms with van der Waals surface area (Å²) in [7, 11) is 0. The van der Waals surface area contributed by atoms with Crippen molar-refractivity contribution < 1.29 is 19.8 Å². The summed E-state index contributed by atoms with van der Waals surface area (Å²) in [4.78, 5) is 23.9. The van der Waals surface area contributed by atoms with Gasteiger partial charge in [-0.1, -0.05) is 39.5 Å². The SMILES string of the molecule is CCCC1C2CCCCC2C(C(=O)O)C(CCC)C1C(=O)O. The van der Waals surface area contributed by atoms with E-state index in [1.165, 1.54) is 0 Å². The number of carboxylic acid groups (broad SMARTS) is 2. The van der Waals surface area contributed by atoms with Gasteiger partial charge in [0.1, 0.15) is 0 Å². The van der Waals surface area contributed by atoms with Gasteiger partial charge in [-0.05, 0) is 49.4 Å². The largest absolute Gasteiger partial charge is 0.481 e. The number of aliphatic carboxylic acids is 2. The van der Waals surface area contributed by atoms with Gasteiger partial charge in [-0.15, -0.1) is 0 Å². The highest BCUT2D eigenvalue weighted by Gasteiger charge is 2.54. The molecular weight excluding hydrogens is 280 g/mol. The van der Waals surface area contributed by atoms with Gasteiger partial charge in [0.05, 0.1) is 11.8 Å². The Hall–Kier alpha value is -1.06. The maximum Gasteiger partial charge on any atom is 0.307 e. The van der Waals surface area contributed by atoms with E-state index in [2.05, 4.69) is 6.92 Å². The second-order valence-electron chi connectivity index (χ2n) is 7.25. The molecule has 0 heterocycles. The standard InChI is InChI=1S/C18H30O4/c1-3-7-12-11-9-5-6-10-13(11)16(18(21)22)14(8-4-2)15(12)17(19)20/h11-16H,3-10H2,1-2H3,(H,19,20)(H,21,22). The number of rotatable bonds is 6. The average Bonchev–Trinajstić information content (AvgIpc) is 2.47. The monoisotopic (exact) mass is 310 g/mol. The predicted molar refractivity (Wildman–Crippen MR) is 84.5 cm³/mol. The van der Waals surface area contributed by atoms with Gasteiger partial charge < -0.3 is 10.2 Å². The summed E-state index contributed by atoms with van der Waals surface area (Å²) >= 11 is 0. The molecule has 2 saturated carbocycles. The van der Waals surface area contributed by atoms with Crippen LogP contribution in [-0.2, 0) is 9.59 Å². The van der Waals surface area contributed by atoms with Gasteiger partial charge in [0.15, 0.2) is 0 Å². The molecule has 2 aliphatic rings. The molecule has 22 heavy (non-hydrogen) atoms. The number of hydrogen-bond acceptors (Lipinski definition) is 2. The fourth-order valence-corrected chi connectivity index (χ4v) is 5.44. The zero-order valence-electron chi connectivity index (χ0n) is 13.8. The highest BCUT2D eigenvalue weighted by atomic mass is 16.4. The highest BCUT2D eigenvalue weighted by Crippen LogP contribution is 2.54. The molecule has 2 fully saturated rings. The first kappa shape index (κ1) is 17.3. The summed E-state index contributed by atoms with van der Waals surface area (Å²) < 4.78 is 0. The van der Waals surface area contributed by atoms with Gasteiger partial charge in [-0.2, -0.15) is 0 Å². The van der Waals surface area contributed by atoms with E-state index in [-0.39, 0.29) is 17.8 Å². The summed E-state index contributed by atoms with van der Waals surface area (Å²) in [6.45, 7) is 4.13. The molecule has 0 aliphatic heterocycles. The van der Waals surface area contributed by atoms with Crippen LogP contribution in [0.5, 0.6) is 0 Å². The van der Waals surface area contributed by atoms with Crippen LogP contribution in [-0.4, -0.2) is 22.2 Å². The molecule has 0 saturated heterocycles. The van der Waals surface area contributed by atoms with E-state index in [1.807, 2.05) is 6.92 Å². The Balaban J connectivity index is 2.42. The van der Waals surface area contributed by atoms with Crippen LogP contribution in [0.15, 0.2) is 0 Å². The van der Waals surface area contributed by atoms with Crippen LogP contribution in [0.4, 0.5) is 0 Å². The minimum absolute atomic E-state index is 0.167. The summed E-state index contributed by atoms with van der Waals surface area (Å²) in [6, 6.07) is 0.